The van der Waals surface area contributed by atoms with Gasteiger partial charge in [0.2, 0.25) is 11.8 Å². The maximum absolute atomic E-state index is 11.7. The lowest BCUT2D eigenvalue weighted by Crippen LogP contribution is -2.38. The Morgan fingerprint density at radius 3 is 2.94 bits per heavy atom. The minimum atomic E-state index is -0.387. The molecule has 0 aliphatic carbocycles. The predicted molar refractivity (Wildman–Crippen MR) is 56.3 cm³/mol. The fourth-order valence-electron chi connectivity index (χ4n) is 1.81. The third-order valence-electron chi connectivity index (χ3n) is 2.69. The lowest BCUT2D eigenvalue weighted by Gasteiger charge is -2.12. The van der Waals surface area contributed by atoms with Crippen molar-refractivity contribution in [3.05, 3.63) is 24.2 Å². The maximum atomic E-state index is 11.7. The van der Waals surface area contributed by atoms with Gasteiger partial charge < -0.3 is 9.73 Å². The van der Waals surface area contributed by atoms with E-state index in [9.17, 15) is 9.59 Å². The third kappa shape index (κ3) is 1.99. The van der Waals surface area contributed by atoms with Crippen LogP contribution in [0.15, 0.2) is 23.0 Å². The van der Waals surface area contributed by atoms with Crippen molar-refractivity contribution in [3.63, 3.8) is 0 Å². The van der Waals surface area contributed by atoms with Crippen molar-refractivity contribution in [2.45, 2.75) is 25.9 Å². The van der Waals surface area contributed by atoms with Crippen LogP contribution < -0.4 is 5.32 Å². The summed E-state index contributed by atoms with van der Waals surface area (Å²) in [6, 6.07) is 1.44. The zero-order chi connectivity index (χ0) is 11.5. The van der Waals surface area contributed by atoms with E-state index in [1.165, 1.54) is 4.90 Å². The molecule has 1 aromatic rings. The van der Waals surface area contributed by atoms with E-state index in [0.717, 1.165) is 5.56 Å². The molecule has 2 amide bonds. The molecule has 1 atom stereocenters. The summed E-state index contributed by atoms with van der Waals surface area (Å²) in [4.78, 5) is 24.4. The van der Waals surface area contributed by atoms with Crippen molar-refractivity contribution in [2.24, 2.45) is 0 Å². The quantitative estimate of drug-likeness (QED) is 0.754. The van der Waals surface area contributed by atoms with Crippen LogP contribution in [0.4, 0.5) is 0 Å². The minimum Gasteiger partial charge on any atom is -0.472 e. The Balaban J connectivity index is 1.92. The van der Waals surface area contributed by atoms with Crippen LogP contribution in [-0.2, 0) is 16.1 Å². The maximum Gasteiger partial charge on any atom is 0.246 e. The van der Waals surface area contributed by atoms with E-state index in [4.69, 9.17) is 4.42 Å². The molecule has 0 spiro atoms. The molecule has 1 saturated heterocycles. The van der Waals surface area contributed by atoms with Crippen molar-refractivity contribution in [1.29, 1.82) is 0 Å². The van der Waals surface area contributed by atoms with Crippen molar-refractivity contribution < 1.29 is 14.0 Å². The van der Waals surface area contributed by atoms with Crippen molar-refractivity contribution >= 4 is 11.8 Å². The molecule has 1 aromatic heterocycles. The van der Waals surface area contributed by atoms with Crippen LogP contribution in [0.25, 0.3) is 0 Å². The molecule has 1 aliphatic heterocycles. The molecule has 1 aliphatic rings. The van der Waals surface area contributed by atoms with Gasteiger partial charge in [0.15, 0.2) is 0 Å². The number of nitrogens with one attached hydrogen (secondary N) is 1. The van der Waals surface area contributed by atoms with Gasteiger partial charge >= 0.3 is 0 Å². The smallest absolute Gasteiger partial charge is 0.246 e. The largest absolute Gasteiger partial charge is 0.472 e. The summed E-state index contributed by atoms with van der Waals surface area (Å²) < 4.78 is 4.92. The summed E-state index contributed by atoms with van der Waals surface area (Å²) in [5, 5.41) is 3.06. The van der Waals surface area contributed by atoms with Gasteiger partial charge in [-0.05, 0) is 13.0 Å². The van der Waals surface area contributed by atoms with Gasteiger partial charge in [0, 0.05) is 18.7 Å². The van der Waals surface area contributed by atoms with Gasteiger partial charge in [-0.2, -0.15) is 0 Å². The van der Waals surface area contributed by atoms with Crippen molar-refractivity contribution in [1.82, 2.24) is 10.2 Å². The minimum absolute atomic E-state index is 0.0998. The SMILES string of the molecule is CCN1C(=O)CC(NCc2ccoc2)C1=O. The molecule has 1 unspecified atom stereocenters. The molecule has 5 nitrogen and oxygen atoms in total. The first-order valence-corrected chi connectivity index (χ1v) is 5.31. The van der Waals surface area contributed by atoms with E-state index in [0.29, 0.717) is 13.1 Å². The molecule has 0 aromatic carbocycles. The van der Waals surface area contributed by atoms with Crippen molar-refractivity contribution in [3.8, 4) is 0 Å². The van der Waals surface area contributed by atoms with Crippen LogP contribution in [0.2, 0.25) is 0 Å². The van der Waals surface area contributed by atoms with Crippen LogP contribution in [0.3, 0.4) is 0 Å². The number of amides is 2. The molecule has 1 fully saturated rings. The summed E-state index contributed by atoms with van der Waals surface area (Å²) >= 11 is 0. The summed E-state index contributed by atoms with van der Waals surface area (Å²) in [5.41, 5.74) is 0.968. The second-order valence-corrected chi connectivity index (χ2v) is 3.75. The van der Waals surface area contributed by atoms with E-state index >= 15 is 0 Å². The molecule has 0 bridgehead atoms. The Labute approximate surface area is 93.4 Å². The van der Waals surface area contributed by atoms with Crippen LogP contribution in [0, 0.1) is 0 Å². The summed E-state index contributed by atoms with van der Waals surface area (Å²) in [7, 11) is 0. The number of imide groups is 1. The summed E-state index contributed by atoms with van der Waals surface area (Å²) in [6.45, 7) is 2.79. The lowest BCUT2D eigenvalue weighted by molar-refractivity contribution is -0.138. The van der Waals surface area contributed by atoms with Gasteiger partial charge in [-0.15, -0.1) is 0 Å². The molecule has 16 heavy (non-hydrogen) atoms. The highest BCUT2D eigenvalue weighted by molar-refractivity contribution is 6.05. The molecule has 0 saturated carbocycles. The average molecular weight is 222 g/mol. The standard InChI is InChI=1S/C11H14N2O3/c1-2-13-10(14)5-9(11(13)15)12-6-8-3-4-16-7-8/h3-4,7,9,12H,2,5-6H2,1H3. The second kappa shape index (κ2) is 4.49. The molecule has 5 heteroatoms. The van der Waals surface area contributed by atoms with E-state index in [1.807, 2.05) is 6.07 Å². The fourth-order valence-corrected chi connectivity index (χ4v) is 1.81. The topological polar surface area (TPSA) is 62.6 Å². The fraction of sp³-hybridized carbons (Fsp3) is 0.455. The van der Waals surface area contributed by atoms with Gasteiger partial charge in [0.05, 0.1) is 25.0 Å². The van der Waals surface area contributed by atoms with Gasteiger partial charge in [-0.1, -0.05) is 0 Å². The first-order valence-electron chi connectivity index (χ1n) is 5.31. The Kier molecular flexibility index (Phi) is 3.05. The average Bonchev–Trinajstić information content (AvgIpc) is 2.85. The van der Waals surface area contributed by atoms with Crippen LogP contribution >= 0.6 is 0 Å². The number of likely N-dealkylation sites (N-methyl/N-ethyl adjacent to an activating group) is 1. The monoisotopic (exact) mass is 222 g/mol. The van der Waals surface area contributed by atoms with Gasteiger partial charge in [0.1, 0.15) is 0 Å². The van der Waals surface area contributed by atoms with Gasteiger partial charge in [-0.25, -0.2) is 0 Å². The van der Waals surface area contributed by atoms with E-state index < -0.39 is 0 Å². The van der Waals surface area contributed by atoms with E-state index in [-0.39, 0.29) is 24.3 Å². The molecular weight excluding hydrogens is 208 g/mol. The van der Waals surface area contributed by atoms with Crippen LogP contribution in [0.1, 0.15) is 18.9 Å². The van der Waals surface area contributed by atoms with Crippen LogP contribution in [0.5, 0.6) is 0 Å². The predicted octanol–water partition coefficient (Wildman–Crippen LogP) is 0.517. The number of nitrogens with zero attached hydrogens (tertiary/aromatic N) is 1. The van der Waals surface area contributed by atoms with Gasteiger partial charge in [0.25, 0.3) is 0 Å². The molecule has 2 rings (SSSR count). The Morgan fingerprint density at radius 2 is 2.38 bits per heavy atom. The van der Waals surface area contributed by atoms with E-state index in [1.54, 1.807) is 19.5 Å². The number of carbonyl (C=O) groups excluding carboxylic acids is 2. The van der Waals surface area contributed by atoms with Crippen molar-refractivity contribution in [2.75, 3.05) is 6.54 Å². The molecule has 2 heterocycles. The number of likely N-dealkylation sites (tertiary alicyclic amines) is 1. The number of furan rings is 1. The first kappa shape index (κ1) is 10.9. The molecular formula is C11H14N2O3. The summed E-state index contributed by atoms with van der Waals surface area (Å²) in [5.74, 6) is -0.229. The normalized spacial score (nSPS) is 20.8. The molecule has 86 valence electrons. The highest BCUT2D eigenvalue weighted by atomic mass is 16.3. The lowest BCUT2D eigenvalue weighted by atomic mass is 10.2. The number of rotatable bonds is 4. The van der Waals surface area contributed by atoms with E-state index in [2.05, 4.69) is 5.32 Å². The first-order chi connectivity index (χ1) is 7.72. The zero-order valence-electron chi connectivity index (χ0n) is 9.10. The Morgan fingerprint density at radius 1 is 1.56 bits per heavy atom. The highest BCUT2D eigenvalue weighted by Crippen LogP contribution is 2.13. The summed E-state index contributed by atoms with van der Waals surface area (Å²) in [6.07, 6.45) is 3.45. The third-order valence-corrected chi connectivity index (χ3v) is 2.69. The molecule has 0 radical (unpaired) electrons. The number of hydrogen-bond acceptors (Lipinski definition) is 4. The molecule has 1 N–H and O–H groups in total. The van der Waals surface area contributed by atoms with Crippen LogP contribution in [-0.4, -0.2) is 29.3 Å². The van der Waals surface area contributed by atoms with Gasteiger partial charge in [-0.3, -0.25) is 14.5 Å². The number of carbonyl (C=O) groups is 2. The second-order valence-electron chi connectivity index (χ2n) is 3.75. The highest BCUT2D eigenvalue weighted by Gasteiger charge is 2.36. The zero-order valence-corrected chi connectivity index (χ0v) is 9.10. The number of hydrogen-bond donors (Lipinski definition) is 1. The Bertz CT molecular complexity index is 386. The Hall–Kier alpha value is -1.62.